The molecule has 2 aromatic heterocycles. The molecule has 0 aliphatic rings. The van der Waals surface area contributed by atoms with E-state index >= 15 is 0 Å². The Kier molecular flexibility index (Phi) is 5.96. The molecule has 0 aliphatic carbocycles. The van der Waals surface area contributed by atoms with Gasteiger partial charge in [0, 0.05) is 42.0 Å². The number of anilines is 1. The normalized spacial score (nSPS) is 12.4. The number of benzene rings is 2. The molecule has 4 aromatic rings. The van der Waals surface area contributed by atoms with Gasteiger partial charge in [0.2, 0.25) is 5.95 Å². The van der Waals surface area contributed by atoms with Crippen molar-refractivity contribution in [3.8, 4) is 10.4 Å². The third-order valence-electron chi connectivity index (χ3n) is 4.72. The third kappa shape index (κ3) is 4.77. The summed E-state index contributed by atoms with van der Waals surface area (Å²) in [6.07, 6.45) is 1.38. The molecule has 154 valence electrons. The summed E-state index contributed by atoms with van der Waals surface area (Å²) in [6.45, 7) is 0.498. The average Bonchev–Trinajstić information content (AvgIpc) is 3.21. The van der Waals surface area contributed by atoms with Crippen molar-refractivity contribution < 1.29 is 13.2 Å². The SMILES string of the molecule is N[C@H](CNc1ncc(-c2ccc3cnc(F)cc3c2)s1)Cc1ccc(C(F)F)cc1. The van der Waals surface area contributed by atoms with Crippen LogP contribution in [0.3, 0.4) is 0 Å². The van der Waals surface area contributed by atoms with Gasteiger partial charge >= 0.3 is 0 Å². The number of nitrogens with zero attached hydrogens (tertiary/aromatic N) is 2. The maximum atomic E-state index is 13.4. The zero-order valence-electron chi connectivity index (χ0n) is 15.9. The van der Waals surface area contributed by atoms with E-state index in [2.05, 4.69) is 15.3 Å². The first-order valence-electron chi connectivity index (χ1n) is 9.36. The molecule has 0 bridgehead atoms. The summed E-state index contributed by atoms with van der Waals surface area (Å²) in [5.74, 6) is -0.510. The van der Waals surface area contributed by atoms with Crippen LogP contribution in [0.5, 0.6) is 0 Å². The Morgan fingerprint density at radius 1 is 0.967 bits per heavy atom. The van der Waals surface area contributed by atoms with Crippen molar-refractivity contribution in [3.63, 3.8) is 0 Å². The molecule has 2 aromatic carbocycles. The number of rotatable bonds is 7. The van der Waals surface area contributed by atoms with Gasteiger partial charge in [0.1, 0.15) is 0 Å². The van der Waals surface area contributed by atoms with E-state index in [1.807, 2.05) is 18.2 Å². The largest absolute Gasteiger partial charge is 0.360 e. The molecule has 4 nitrogen and oxygen atoms in total. The molecule has 3 N–H and O–H groups in total. The van der Waals surface area contributed by atoms with Crippen LogP contribution in [-0.2, 0) is 6.42 Å². The number of nitrogens with two attached hydrogens (primary N) is 1. The first-order chi connectivity index (χ1) is 14.5. The fourth-order valence-corrected chi connectivity index (χ4v) is 3.97. The van der Waals surface area contributed by atoms with Gasteiger partial charge in [0.25, 0.3) is 6.43 Å². The second-order valence-corrected chi connectivity index (χ2v) is 8.02. The van der Waals surface area contributed by atoms with Gasteiger partial charge in [-0.05, 0) is 29.0 Å². The Hall–Kier alpha value is -2.97. The minimum absolute atomic E-state index is 0.00783. The third-order valence-corrected chi connectivity index (χ3v) is 5.73. The fourth-order valence-electron chi connectivity index (χ4n) is 3.15. The van der Waals surface area contributed by atoms with Crippen LogP contribution >= 0.6 is 11.3 Å². The van der Waals surface area contributed by atoms with Crippen molar-refractivity contribution in [2.45, 2.75) is 18.9 Å². The fraction of sp³-hybridized carbons (Fsp3) is 0.182. The first-order valence-corrected chi connectivity index (χ1v) is 10.2. The van der Waals surface area contributed by atoms with Crippen molar-refractivity contribution >= 4 is 27.2 Å². The van der Waals surface area contributed by atoms with E-state index in [0.29, 0.717) is 13.0 Å². The van der Waals surface area contributed by atoms with Crippen LogP contribution in [0.2, 0.25) is 0 Å². The molecule has 0 unspecified atom stereocenters. The Labute approximate surface area is 175 Å². The molecule has 0 aliphatic heterocycles. The smallest absolute Gasteiger partial charge is 0.263 e. The summed E-state index contributed by atoms with van der Waals surface area (Å²) in [5.41, 5.74) is 8.03. The molecular formula is C22H19F3N4S. The van der Waals surface area contributed by atoms with Gasteiger partial charge in [-0.15, -0.1) is 0 Å². The maximum Gasteiger partial charge on any atom is 0.263 e. The number of pyridine rings is 1. The second-order valence-electron chi connectivity index (χ2n) is 6.99. The number of alkyl halides is 2. The predicted octanol–water partition coefficient (Wildman–Crippen LogP) is 5.42. The minimum atomic E-state index is -2.47. The molecule has 8 heteroatoms. The van der Waals surface area contributed by atoms with Crippen molar-refractivity contribution in [2.75, 3.05) is 11.9 Å². The van der Waals surface area contributed by atoms with E-state index in [1.54, 1.807) is 18.3 Å². The number of thiazole rings is 1. The second kappa shape index (κ2) is 8.81. The molecule has 30 heavy (non-hydrogen) atoms. The van der Waals surface area contributed by atoms with Gasteiger partial charge < -0.3 is 11.1 Å². The highest BCUT2D eigenvalue weighted by Crippen LogP contribution is 2.31. The van der Waals surface area contributed by atoms with Gasteiger partial charge in [-0.1, -0.05) is 47.7 Å². The summed E-state index contributed by atoms with van der Waals surface area (Å²) >= 11 is 1.48. The Morgan fingerprint density at radius 2 is 1.77 bits per heavy atom. The van der Waals surface area contributed by atoms with Crippen LogP contribution in [0.25, 0.3) is 21.2 Å². The summed E-state index contributed by atoms with van der Waals surface area (Å²) in [6, 6.07) is 13.2. The van der Waals surface area contributed by atoms with Crippen molar-refractivity contribution in [1.82, 2.24) is 9.97 Å². The zero-order chi connectivity index (χ0) is 21.1. The lowest BCUT2D eigenvalue weighted by Crippen LogP contribution is -2.31. The van der Waals surface area contributed by atoms with Crippen LogP contribution in [0.4, 0.5) is 18.3 Å². The van der Waals surface area contributed by atoms with E-state index in [0.717, 1.165) is 31.9 Å². The molecule has 0 saturated carbocycles. The number of hydrogen-bond donors (Lipinski definition) is 2. The number of fused-ring (bicyclic) bond motifs is 1. The van der Waals surface area contributed by atoms with E-state index in [9.17, 15) is 13.2 Å². The minimum Gasteiger partial charge on any atom is -0.360 e. The first kappa shape index (κ1) is 20.3. The maximum absolute atomic E-state index is 13.4. The predicted molar refractivity (Wildman–Crippen MR) is 114 cm³/mol. The molecule has 0 spiro atoms. The van der Waals surface area contributed by atoms with E-state index in [4.69, 9.17) is 5.73 Å². The lowest BCUT2D eigenvalue weighted by atomic mass is 10.0. The topological polar surface area (TPSA) is 63.8 Å². The van der Waals surface area contributed by atoms with E-state index < -0.39 is 12.4 Å². The van der Waals surface area contributed by atoms with Crippen molar-refractivity contribution in [1.29, 1.82) is 0 Å². The zero-order valence-corrected chi connectivity index (χ0v) is 16.7. The van der Waals surface area contributed by atoms with Gasteiger partial charge in [-0.25, -0.2) is 18.7 Å². The summed E-state index contributed by atoms with van der Waals surface area (Å²) in [7, 11) is 0. The standard InChI is InChI=1S/C22H19F3N4S/c23-20-9-17-8-15(5-6-16(17)10-27-20)19-12-29-22(30-19)28-11-18(26)7-13-1-3-14(4-2-13)21(24)25/h1-6,8-10,12,18,21H,7,11,26H2,(H,28,29)/t18-/m0/s1. The monoisotopic (exact) mass is 428 g/mol. The van der Waals surface area contributed by atoms with Gasteiger partial charge in [-0.3, -0.25) is 0 Å². The van der Waals surface area contributed by atoms with E-state index in [-0.39, 0.29) is 11.6 Å². The quantitative estimate of drug-likeness (QED) is 0.386. The average molecular weight is 428 g/mol. The van der Waals surface area contributed by atoms with Gasteiger partial charge in [-0.2, -0.15) is 4.39 Å². The lowest BCUT2D eigenvalue weighted by molar-refractivity contribution is 0.151. The summed E-state index contributed by atoms with van der Waals surface area (Å²) in [4.78, 5) is 9.00. The number of halogens is 3. The highest BCUT2D eigenvalue weighted by atomic mass is 32.1. The molecule has 0 radical (unpaired) electrons. The van der Waals surface area contributed by atoms with Crippen LogP contribution < -0.4 is 11.1 Å². The molecule has 4 rings (SSSR count). The number of hydrogen-bond acceptors (Lipinski definition) is 5. The Balaban J connectivity index is 1.37. The van der Waals surface area contributed by atoms with Gasteiger partial charge in [0.15, 0.2) is 5.13 Å². The summed E-state index contributed by atoms with van der Waals surface area (Å²) in [5, 5.41) is 5.61. The molecule has 0 saturated heterocycles. The molecule has 0 fully saturated rings. The highest BCUT2D eigenvalue weighted by molar-refractivity contribution is 7.18. The number of nitrogens with one attached hydrogen (secondary N) is 1. The molecule has 1 atom stereocenters. The van der Waals surface area contributed by atoms with Crippen molar-refractivity contribution in [2.24, 2.45) is 5.73 Å². The molecular weight excluding hydrogens is 409 g/mol. The van der Waals surface area contributed by atoms with Crippen LogP contribution in [0.15, 0.2) is 60.9 Å². The Morgan fingerprint density at radius 3 is 2.53 bits per heavy atom. The number of aromatic nitrogens is 2. The molecule has 0 amide bonds. The van der Waals surface area contributed by atoms with Gasteiger partial charge in [0.05, 0.1) is 4.88 Å². The highest BCUT2D eigenvalue weighted by Gasteiger charge is 2.10. The van der Waals surface area contributed by atoms with Crippen LogP contribution in [-0.4, -0.2) is 22.6 Å². The Bertz CT molecular complexity index is 1140. The van der Waals surface area contributed by atoms with E-state index in [1.165, 1.54) is 35.7 Å². The summed E-state index contributed by atoms with van der Waals surface area (Å²) < 4.78 is 38.6. The van der Waals surface area contributed by atoms with Crippen LogP contribution in [0, 0.1) is 5.95 Å². The van der Waals surface area contributed by atoms with Crippen molar-refractivity contribution in [3.05, 3.63) is 78.0 Å². The van der Waals surface area contributed by atoms with Crippen LogP contribution in [0.1, 0.15) is 17.6 Å². The lowest BCUT2D eigenvalue weighted by Gasteiger charge is -2.12. The molecule has 2 heterocycles.